The molecule has 1 heterocycles. The topological polar surface area (TPSA) is 78.3 Å². The Morgan fingerprint density at radius 3 is 2.66 bits per heavy atom. The van der Waals surface area contributed by atoms with Gasteiger partial charge in [-0.15, -0.1) is 10.2 Å². The highest BCUT2D eigenvalue weighted by Gasteiger charge is 2.12. The molecule has 8 heteroatoms. The molecule has 0 aliphatic rings. The van der Waals surface area contributed by atoms with E-state index in [1.807, 2.05) is 28.8 Å². The number of benzene rings is 2. The molecule has 0 aliphatic heterocycles. The maximum atomic E-state index is 12.4. The number of aromatic nitrogens is 3. The van der Waals surface area contributed by atoms with E-state index in [1.54, 1.807) is 20.5 Å². The number of rotatable bonds is 8. The molecule has 29 heavy (non-hydrogen) atoms. The highest BCUT2D eigenvalue weighted by atomic mass is 32.2. The summed E-state index contributed by atoms with van der Waals surface area (Å²) in [7, 11) is 3.20. The largest absolute Gasteiger partial charge is 0.497 e. The van der Waals surface area contributed by atoms with Crippen molar-refractivity contribution in [3.05, 3.63) is 59.4 Å². The third kappa shape index (κ3) is 5.08. The van der Waals surface area contributed by atoms with Crippen LogP contribution in [0.25, 0.3) is 5.69 Å². The molecule has 0 saturated heterocycles. The van der Waals surface area contributed by atoms with Gasteiger partial charge in [-0.25, -0.2) is 0 Å². The van der Waals surface area contributed by atoms with Crippen LogP contribution in [0.5, 0.6) is 11.5 Å². The van der Waals surface area contributed by atoms with Gasteiger partial charge < -0.3 is 14.8 Å². The fraction of sp³-hybridized carbons (Fsp3) is 0.286. The van der Waals surface area contributed by atoms with E-state index in [1.165, 1.54) is 22.9 Å². The molecule has 1 N–H and O–H groups in total. The van der Waals surface area contributed by atoms with Crippen LogP contribution in [0, 0.1) is 13.8 Å². The molecule has 0 saturated carbocycles. The van der Waals surface area contributed by atoms with Gasteiger partial charge in [0.2, 0.25) is 5.91 Å². The summed E-state index contributed by atoms with van der Waals surface area (Å²) in [6.07, 6.45) is 1.66. The minimum Gasteiger partial charge on any atom is -0.497 e. The first-order valence-corrected chi connectivity index (χ1v) is 10.1. The molecule has 3 rings (SSSR count). The number of nitrogens with one attached hydrogen (secondary N) is 1. The monoisotopic (exact) mass is 412 g/mol. The molecule has 2 aromatic carbocycles. The molecular formula is C21H24N4O3S. The fourth-order valence-corrected chi connectivity index (χ4v) is 3.53. The second-order valence-electron chi connectivity index (χ2n) is 6.50. The van der Waals surface area contributed by atoms with Crippen molar-refractivity contribution in [3.8, 4) is 17.2 Å². The lowest BCUT2D eigenvalue weighted by atomic mass is 10.1. The molecule has 3 aromatic rings. The number of hydrogen-bond acceptors (Lipinski definition) is 6. The molecule has 0 radical (unpaired) electrons. The zero-order chi connectivity index (χ0) is 20.8. The maximum absolute atomic E-state index is 12.4. The maximum Gasteiger partial charge on any atom is 0.230 e. The van der Waals surface area contributed by atoms with Gasteiger partial charge in [-0.05, 0) is 55.3 Å². The average molecular weight is 413 g/mol. The summed E-state index contributed by atoms with van der Waals surface area (Å²) in [6.45, 7) is 4.49. The molecule has 0 bridgehead atoms. The van der Waals surface area contributed by atoms with Gasteiger partial charge in [-0.3, -0.25) is 9.36 Å². The highest BCUT2D eigenvalue weighted by molar-refractivity contribution is 7.99. The van der Waals surface area contributed by atoms with Crippen LogP contribution in [-0.4, -0.2) is 40.6 Å². The van der Waals surface area contributed by atoms with Crippen molar-refractivity contribution in [2.24, 2.45) is 0 Å². The van der Waals surface area contributed by atoms with Gasteiger partial charge in [0.25, 0.3) is 0 Å². The summed E-state index contributed by atoms with van der Waals surface area (Å²) in [6, 6.07) is 11.7. The Morgan fingerprint density at radius 1 is 1.10 bits per heavy atom. The molecule has 0 spiro atoms. The number of nitrogens with zero attached hydrogens (tertiary/aromatic N) is 3. The minimum absolute atomic E-state index is 0.102. The Bertz CT molecular complexity index is 1000. The van der Waals surface area contributed by atoms with Gasteiger partial charge >= 0.3 is 0 Å². The number of carbonyl (C=O) groups excluding carboxylic acids is 1. The average Bonchev–Trinajstić information content (AvgIpc) is 3.21. The molecule has 0 atom stereocenters. The SMILES string of the molecule is COc1ccc(OC)c(CNC(=O)CSc2nncn2-c2ccc(C)c(C)c2)c1. The van der Waals surface area contributed by atoms with Crippen LogP contribution in [0.3, 0.4) is 0 Å². The van der Waals surface area contributed by atoms with Crippen molar-refractivity contribution in [2.45, 2.75) is 25.5 Å². The Hall–Kier alpha value is -3.00. The van der Waals surface area contributed by atoms with Crippen molar-refractivity contribution >= 4 is 17.7 Å². The Balaban J connectivity index is 1.61. The summed E-state index contributed by atoms with van der Waals surface area (Å²) in [5.74, 6) is 1.55. The lowest BCUT2D eigenvalue weighted by Gasteiger charge is -2.12. The number of carbonyl (C=O) groups is 1. The first-order valence-electron chi connectivity index (χ1n) is 9.10. The van der Waals surface area contributed by atoms with Crippen LogP contribution in [-0.2, 0) is 11.3 Å². The summed E-state index contributed by atoms with van der Waals surface area (Å²) < 4.78 is 12.5. The zero-order valence-corrected chi connectivity index (χ0v) is 17.7. The van der Waals surface area contributed by atoms with Crippen molar-refractivity contribution in [1.82, 2.24) is 20.1 Å². The number of amides is 1. The standard InChI is InChI=1S/C21H24N4O3S/c1-14-5-6-17(9-15(14)2)25-13-23-24-21(25)29-12-20(26)22-11-16-10-18(27-3)7-8-19(16)28-4/h5-10,13H,11-12H2,1-4H3,(H,22,26). The van der Waals surface area contributed by atoms with Crippen molar-refractivity contribution in [2.75, 3.05) is 20.0 Å². The summed E-state index contributed by atoms with van der Waals surface area (Å²) in [5, 5.41) is 11.7. The second kappa shape index (κ2) is 9.47. The van der Waals surface area contributed by atoms with Gasteiger partial charge in [-0.1, -0.05) is 17.8 Å². The van der Waals surface area contributed by atoms with Crippen LogP contribution in [0.1, 0.15) is 16.7 Å². The Labute approximate surface area is 174 Å². The molecule has 1 amide bonds. The van der Waals surface area contributed by atoms with Gasteiger partial charge in [0.15, 0.2) is 5.16 Å². The smallest absolute Gasteiger partial charge is 0.230 e. The third-order valence-corrected chi connectivity index (χ3v) is 5.52. The van der Waals surface area contributed by atoms with Crippen molar-refractivity contribution in [1.29, 1.82) is 0 Å². The van der Waals surface area contributed by atoms with E-state index >= 15 is 0 Å². The van der Waals surface area contributed by atoms with Gasteiger partial charge in [0.05, 0.1) is 20.0 Å². The lowest BCUT2D eigenvalue weighted by Crippen LogP contribution is -2.25. The van der Waals surface area contributed by atoms with Crippen LogP contribution in [0.15, 0.2) is 47.9 Å². The quantitative estimate of drug-likeness (QED) is 0.572. The minimum atomic E-state index is -0.102. The van der Waals surface area contributed by atoms with Gasteiger partial charge in [-0.2, -0.15) is 0 Å². The van der Waals surface area contributed by atoms with E-state index in [2.05, 4.69) is 41.5 Å². The van der Waals surface area contributed by atoms with E-state index in [-0.39, 0.29) is 11.7 Å². The molecule has 1 aromatic heterocycles. The number of ether oxygens (including phenoxy) is 2. The molecule has 0 aliphatic carbocycles. The van der Waals surface area contributed by atoms with Crippen LogP contribution in [0.2, 0.25) is 0 Å². The van der Waals surface area contributed by atoms with Gasteiger partial charge in [0, 0.05) is 17.8 Å². The predicted molar refractivity (Wildman–Crippen MR) is 113 cm³/mol. The van der Waals surface area contributed by atoms with Crippen LogP contribution in [0.4, 0.5) is 0 Å². The van der Waals surface area contributed by atoms with Crippen molar-refractivity contribution in [3.63, 3.8) is 0 Å². The Kier molecular flexibility index (Phi) is 6.77. The second-order valence-corrected chi connectivity index (χ2v) is 7.44. The van der Waals surface area contributed by atoms with E-state index in [0.29, 0.717) is 23.2 Å². The summed E-state index contributed by atoms with van der Waals surface area (Å²) in [5.41, 5.74) is 4.24. The highest BCUT2D eigenvalue weighted by Crippen LogP contribution is 2.24. The molecule has 0 fully saturated rings. The van der Waals surface area contributed by atoms with E-state index in [9.17, 15) is 4.79 Å². The fourth-order valence-electron chi connectivity index (χ4n) is 2.77. The first kappa shape index (κ1) is 20.7. The molecule has 0 unspecified atom stereocenters. The number of methoxy groups -OCH3 is 2. The van der Waals surface area contributed by atoms with Crippen LogP contribution >= 0.6 is 11.8 Å². The number of thioether (sulfide) groups is 1. The summed E-state index contributed by atoms with van der Waals surface area (Å²) >= 11 is 1.34. The predicted octanol–water partition coefficient (Wildman–Crippen LogP) is 3.31. The molecule has 152 valence electrons. The van der Waals surface area contributed by atoms with Gasteiger partial charge in [0.1, 0.15) is 17.8 Å². The zero-order valence-electron chi connectivity index (χ0n) is 16.9. The molecular weight excluding hydrogens is 388 g/mol. The van der Waals surface area contributed by atoms with Crippen LogP contribution < -0.4 is 14.8 Å². The van der Waals surface area contributed by atoms with E-state index in [0.717, 1.165) is 11.3 Å². The number of hydrogen-bond donors (Lipinski definition) is 1. The normalized spacial score (nSPS) is 10.6. The third-order valence-electron chi connectivity index (χ3n) is 4.58. The number of aryl methyl sites for hydroxylation is 2. The lowest BCUT2D eigenvalue weighted by molar-refractivity contribution is -0.118. The van der Waals surface area contributed by atoms with E-state index in [4.69, 9.17) is 9.47 Å². The Morgan fingerprint density at radius 2 is 1.93 bits per heavy atom. The molecule has 7 nitrogen and oxygen atoms in total. The van der Waals surface area contributed by atoms with Crippen molar-refractivity contribution < 1.29 is 14.3 Å². The first-order chi connectivity index (χ1) is 14.0. The summed E-state index contributed by atoms with van der Waals surface area (Å²) in [4.78, 5) is 12.4. The van der Waals surface area contributed by atoms with E-state index < -0.39 is 0 Å².